The maximum Gasteiger partial charge on any atom is 0.255 e. The summed E-state index contributed by atoms with van der Waals surface area (Å²) in [5, 5.41) is 12.4. The Morgan fingerprint density at radius 1 is 1.29 bits per heavy atom. The highest BCUT2D eigenvalue weighted by molar-refractivity contribution is 5.77. The Balaban J connectivity index is 2.39. The SMILES string of the molecule is CNCC1=C(n2ccccc2=O)c2cc(C#N)ccc2OC1(C)C. The van der Waals surface area contributed by atoms with E-state index < -0.39 is 5.60 Å². The maximum atomic E-state index is 12.4. The number of pyridine rings is 1. The zero-order chi connectivity index (χ0) is 17.3. The van der Waals surface area contributed by atoms with Gasteiger partial charge in [-0.2, -0.15) is 5.26 Å². The van der Waals surface area contributed by atoms with Crippen LogP contribution in [0.2, 0.25) is 0 Å². The molecular formula is C19H19N3O2. The third-order valence-corrected chi connectivity index (χ3v) is 4.16. The number of nitriles is 1. The molecule has 0 spiro atoms. The van der Waals surface area contributed by atoms with E-state index in [4.69, 9.17) is 4.74 Å². The van der Waals surface area contributed by atoms with Gasteiger partial charge in [0.1, 0.15) is 11.4 Å². The number of hydrogen-bond donors (Lipinski definition) is 1. The zero-order valence-electron chi connectivity index (χ0n) is 14.0. The van der Waals surface area contributed by atoms with E-state index in [1.165, 1.54) is 6.07 Å². The lowest BCUT2D eigenvalue weighted by Gasteiger charge is -2.37. The molecule has 2 aromatic rings. The van der Waals surface area contributed by atoms with Gasteiger partial charge in [0.25, 0.3) is 5.56 Å². The summed E-state index contributed by atoms with van der Waals surface area (Å²) in [6, 6.07) is 12.5. The smallest absolute Gasteiger partial charge is 0.255 e. The number of ether oxygens (including phenoxy) is 1. The van der Waals surface area contributed by atoms with E-state index in [-0.39, 0.29) is 5.56 Å². The molecule has 0 saturated heterocycles. The molecule has 0 unspecified atom stereocenters. The maximum absolute atomic E-state index is 12.4. The lowest BCUT2D eigenvalue weighted by atomic mass is 9.88. The van der Waals surface area contributed by atoms with Crippen LogP contribution < -0.4 is 15.6 Å². The van der Waals surface area contributed by atoms with Crippen LogP contribution in [0.25, 0.3) is 5.70 Å². The van der Waals surface area contributed by atoms with Gasteiger partial charge in [-0.25, -0.2) is 0 Å². The molecule has 1 N–H and O–H groups in total. The second-order valence-corrected chi connectivity index (χ2v) is 6.20. The Hall–Kier alpha value is -2.84. The molecule has 0 bridgehead atoms. The fraction of sp³-hybridized carbons (Fsp3) is 0.263. The van der Waals surface area contributed by atoms with Crippen LogP contribution in [0.3, 0.4) is 0 Å². The minimum atomic E-state index is -0.575. The van der Waals surface area contributed by atoms with Crippen LogP contribution in [0, 0.1) is 11.3 Å². The van der Waals surface area contributed by atoms with Crippen molar-refractivity contribution in [2.45, 2.75) is 19.4 Å². The quantitative estimate of drug-likeness (QED) is 0.942. The van der Waals surface area contributed by atoms with Gasteiger partial charge in [0.05, 0.1) is 17.3 Å². The molecule has 1 aliphatic rings. The standard InChI is InChI=1S/C19H19N3O2/c1-19(2)15(12-21-3)18(22-9-5-4-6-17(22)23)14-10-13(11-20)7-8-16(14)24-19/h4-10,21H,12H2,1-3H3. The molecule has 1 aromatic heterocycles. The molecule has 3 rings (SSSR count). The minimum Gasteiger partial charge on any atom is -0.483 e. The molecule has 0 radical (unpaired) electrons. The summed E-state index contributed by atoms with van der Waals surface area (Å²) in [7, 11) is 1.86. The topological polar surface area (TPSA) is 67.0 Å². The number of nitrogens with zero attached hydrogens (tertiary/aromatic N) is 2. The van der Waals surface area contributed by atoms with Crippen molar-refractivity contribution in [1.29, 1.82) is 5.26 Å². The predicted octanol–water partition coefficient (Wildman–Crippen LogP) is 2.37. The van der Waals surface area contributed by atoms with Gasteiger partial charge in [0, 0.05) is 29.9 Å². The van der Waals surface area contributed by atoms with Crippen molar-refractivity contribution < 1.29 is 4.74 Å². The number of hydrogen-bond acceptors (Lipinski definition) is 4. The Morgan fingerprint density at radius 2 is 2.08 bits per heavy atom. The number of likely N-dealkylation sites (N-methyl/N-ethyl adjacent to an activating group) is 1. The van der Waals surface area contributed by atoms with E-state index in [0.29, 0.717) is 17.9 Å². The molecule has 1 aromatic carbocycles. The number of fused-ring (bicyclic) bond motifs is 1. The van der Waals surface area contributed by atoms with Crippen molar-refractivity contribution in [3.63, 3.8) is 0 Å². The molecule has 5 heteroatoms. The number of nitrogens with one attached hydrogen (secondary N) is 1. The second kappa shape index (κ2) is 5.99. The Morgan fingerprint density at radius 3 is 2.75 bits per heavy atom. The first kappa shape index (κ1) is 16.0. The van der Waals surface area contributed by atoms with Gasteiger partial charge in [0.15, 0.2) is 0 Å². The first-order valence-electron chi connectivity index (χ1n) is 7.78. The molecule has 5 nitrogen and oxygen atoms in total. The summed E-state index contributed by atoms with van der Waals surface area (Å²) in [6.07, 6.45) is 1.75. The van der Waals surface area contributed by atoms with Gasteiger partial charge in [0.2, 0.25) is 0 Å². The Kier molecular flexibility index (Phi) is 4.00. The summed E-state index contributed by atoms with van der Waals surface area (Å²) < 4.78 is 7.77. The summed E-state index contributed by atoms with van der Waals surface area (Å²) >= 11 is 0. The molecule has 2 heterocycles. The van der Waals surface area contributed by atoms with Gasteiger partial charge >= 0.3 is 0 Å². The van der Waals surface area contributed by atoms with Gasteiger partial charge in [-0.3, -0.25) is 9.36 Å². The van der Waals surface area contributed by atoms with E-state index in [0.717, 1.165) is 16.8 Å². The number of benzene rings is 1. The number of rotatable bonds is 3. The molecule has 0 saturated carbocycles. The highest BCUT2D eigenvalue weighted by atomic mass is 16.5. The largest absolute Gasteiger partial charge is 0.483 e. The van der Waals surface area contributed by atoms with E-state index >= 15 is 0 Å². The van der Waals surface area contributed by atoms with Crippen molar-refractivity contribution in [3.8, 4) is 11.8 Å². The molecule has 0 amide bonds. The van der Waals surface area contributed by atoms with Gasteiger partial charge in [-0.15, -0.1) is 0 Å². The van der Waals surface area contributed by atoms with Crippen LogP contribution >= 0.6 is 0 Å². The lowest BCUT2D eigenvalue weighted by molar-refractivity contribution is 0.141. The fourth-order valence-electron chi connectivity index (χ4n) is 3.02. The van der Waals surface area contributed by atoms with Crippen LogP contribution in [0.1, 0.15) is 25.0 Å². The monoisotopic (exact) mass is 321 g/mol. The minimum absolute atomic E-state index is 0.118. The third kappa shape index (κ3) is 2.61. The molecule has 1 aliphatic heterocycles. The van der Waals surface area contributed by atoms with Crippen LogP contribution in [0.4, 0.5) is 0 Å². The Bertz CT molecular complexity index is 917. The van der Waals surface area contributed by atoms with E-state index in [1.54, 1.807) is 35.0 Å². The summed E-state index contributed by atoms with van der Waals surface area (Å²) in [4.78, 5) is 12.4. The molecule has 0 aliphatic carbocycles. The van der Waals surface area contributed by atoms with Crippen LogP contribution in [0.5, 0.6) is 5.75 Å². The molecule has 24 heavy (non-hydrogen) atoms. The van der Waals surface area contributed by atoms with Crippen LogP contribution in [-0.4, -0.2) is 23.8 Å². The normalized spacial score (nSPS) is 15.4. The van der Waals surface area contributed by atoms with Gasteiger partial charge < -0.3 is 10.1 Å². The first-order chi connectivity index (χ1) is 11.5. The highest BCUT2D eigenvalue weighted by Gasteiger charge is 2.35. The summed E-state index contributed by atoms with van der Waals surface area (Å²) in [5.74, 6) is 0.671. The van der Waals surface area contributed by atoms with Crippen molar-refractivity contribution in [3.05, 3.63) is 69.6 Å². The second-order valence-electron chi connectivity index (χ2n) is 6.20. The van der Waals surface area contributed by atoms with E-state index in [2.05, 4.69) is 11.4 Å². The van der Waals surface area contributed by atoms with E-state index in [1.807, 2.05) is 27.0 Å². The van der Waals surface area contributed by atoms with Gasteiger partial charge in [-0.1, -0.05) is 6.07 Å². The first-order valence-corrected chi connectivity index (χ1v) is 7.78. The fourth-order valence-corrected chi connectivity index (χ4v) is 3.02. The molecule has 122 valence electrons. The molecular weight excluding hydrogens is 302 g/mol. The average molecular weight is 321 g/mol. The zero-order valence-corrected chi connectivity index (χ0v) is 14.0. The van der Waals surface area contributed by atoms with Gasteiger partial charge in [-0.05, 0) is 45.2 Å². The number of aromatic nitrogens is 1. The van der Waals surface area contributed by atoms with Crippen molar-refractivity contribution in [2.24, 2.45) is 0 Å². The molecule has 0 fully saturated rings. The Labute approximate surface area is 140 Å². The lowest BCUT2D eigenvalue weighted by Crippen LogP contribution is -2.40. The highest BCUT2D eigenvalue weighted by Crippen LogP contribution is 2.41. The van der Waals surface area contributed by atoms with Crippen molar-refractivity contribution >= 4 is 5.70 Å². The third-order valence-electron chi connectivity index (χ3n) is 4.16. The summed E-state index contributed by atoms with van der Waals surface area (Å²) in [6.45, 7) is 4.53. The molecule has 0 atom stereocenters. The van der Waals surface area contributed by atoms with E-state index in [9.17, 15) is 10.1 Å². The van der Waals surface area contributed by atoms with Crippen molar-refractivity contribution in [1.82, 2.24) is 9.88 Å². The van der Waals surface area contributed by atoms with Crippen LogP contribution in [-0.2, 0) is 0 Å². The van der Waals surface area contributed by atoms with Crippen molar-refractivity contribution in [2.75, 3.05) is 13.6 Å². The predicted molar refractivity (Wildman–Crippen MR) is 92.8 cm³/mol. The average Bonchev–Trinajstić information content (AvgIpc) is 2.56. The van der Waals surface area contributed by atoms with Crippen LogP contribution in [0.15, 0.2) is 53.0 Å². The summed E-state index contributed by atoms with van der Waals surface area (Å²) in [5.41, 5.74) is 2.33.